The molecule has 1 aliphatic rings. The first-order chi connectivity index (χ1) is 10.0. The summed E-state index contributed by atoms with van der Waals surface area (Å²) >= 11 is 0. The van der Waals surface area contributed by atoms with Crippen LogP contribution in [-0.2, 0) is 11.2 Å². The summed E-state index contributed by atoms with van der Waals surface area (Å²) in [5.74, 6) is 0.510. The van der Waals surface area contributed by atoms with Crippen molar-refractivity contribution in [3.8, 4) is 5.75 Å². The molecule has 0 bridgehead atoms. The highest BCUT2D eigenvalue weighted by molar-refractivity contribution is 5.98. The lowest BCUT2D eigenvalue weighted by atomic mass is 10.0. The summed E-state index contributed by atoms with van der Waals surface area (Å²) < 4.78 is 5.82. The van der Waals surface area contributed by atoms with Gasteiger partial charge in [0.2, 0.25) is 0 Å². The van der Waals surface area contributed by atoms with Gasteiger partial charge in [-0.3, -0.25) is 4.79 Å². The number of hydrogen-bond acceptors (Lipinski definition) is 3. The lowest BCUT2D eigenvalue weighted by molar-refractivity contribution is -0.123. The van der Waals surface area contributed by atoms with Gasteiger partial charge in [-0.15, -0.1) is 0 Å². The third-order valence-electron chi connectivity index (χ3n) is 3.53. The molecule has 0 fully saturated rings. The highest BCUT2D eigenvalue weighted by Crippen LogP contribution is 2.32. The molecule has 0 aromatic heterocycles. The van der Waals surface area contributed by atoms with Crippen LogP contribution in [0.3, 0.4) is 0 Å². The number of benzene rings is 2. The molecule has 1 heterocycles. The second-order valence-corrected chi connectivity index (χ2v) is 5.55. The number of anilines is 2. The Morgan fingerprint density at radius 3 is 2.57 bits per heavy atom. The maximum absolute atomic E-state index is 12.1. The first kappa shape index (κ1) is 13.5. The van der Waals surface area contributed by atoms with E-state index in [2.05, 4.69) is 23.5 Å². The first-order valence-electron chi connectivity index (χ1n) is 6.95. The molecule has 4 heteroatoms. The molecular weight excluding hydrogens is 264 g/mol. The van der Waals surface area contributed by atoms with Gasteiger partial charge in [-0.1, -0.05) is 29.3 Å². The van der Waals surface area contributed by atoms with Crippen molar-refractivity contribution in [1.82, 2.24) is 0 Å². The molecular formula is C17H18N2O2. The van der Waals surface area contributed by atoms with Crippen LogP contribution in [0, 0.1) is 13.8 Å². The van der Waals surface area contributed by atoms with Gasteiger partial charge in [-0.25, -0.2) is 0 Å². The van der Waals surface area contributed by atoms with Gasteiger partial charge >= 0.3 is 0 Å². The predicted molar refractivity (Wildman–Crippen MR) is 83.5 cm³/mol. The van der Waals surface area contributed by atoms with Gasteiger partial charge < -0.3 is 15.8 Å². The highest BCUT2D eigenvalue weighted by Gasteiger charge is 2.27. The molecule has 3 rings (SSSR count). The van der Waals surface area contributed by atoms with Crippen molar-refractivity contribution >= 4 is 17.3 Å². The van der Waals surface area contributed by atoms with E-state index in [9.17, 15) is 4.79 Å². The first-order valence-corrected chi connectivity index (χ1v) is 6.95. The zero-order valence-electron chi connectivity index (χ0n) is 12.1. The van der Waals surface area contributed by atoms with Gasteiger partial charge in [0.15, 0.2) is 6.10 Å². The van der Waals surface area contributed by atoms with Crippen molar-refractivity contribution in [2.75, 3.05) is 11.1 Å². The molecule has 4 nitrogen and oxygen atoms in total. The fraction of sp³-hybridized carbons (Fsp3) is 0.235. The van der Waals surface area contributed by atoms with Crippen molar-refractivity contribution in [2.24, 2.45) is 0 Å². The molecule has 1 amide bonds. The third kappa shape index (κ3) is 2.84. The molecule has 0 radical (unpaired) electrons. The minimum Gasteiger partial charge on any atom is -0.478 e. The third-order valence-corrected chi connectivity index (χ3v) is 3.53. The summed E-state index contributed by atoms with van der Waals surface area (Å²) in [6.45, 7) is 4.10. The Hall–Kier alpha value is -2.49. The van der Waals surface area contributed by atoms with Gasteiger partial charge in [-0.05, 0) is 31.5 Å². The molecule has 0 saturated carbocycles. The number of hydrogen-bond donors (Lipinski definition) is 2. The monoisotopic (exact) mass is 282 g/mol. The summed E-state index contributed by atoms with van der Waals surface area (Å²) in [5.41, 5.74) is 10.5. The number of nitrogen functional groups attached to an aromatic ring is 1. The maximum atomic E-state index is 12.1. The topological polar surface area (TPSA) is 64.3 Å². The molecule has 0 saturated heterocycles. The predicted octanol–water partition coefficient (Wildman–Crippen LogP) is 2.83. The Kier molecular flexibility index (Phi) is 3.29. The van der Waals surface area contributed by atoms with E-state index in [-0.39, 0.29) is 5.91 Å². The summed E-state index contributed by atoms with van der Waals surface area (Å²) in [5, 5.41) is 2.87. The van der Waals surface area contributed by atoms with E-state index in [0.29, 0.717) is 23.5 Å². The number of nitrogens with one attached hydrogen (secondary N) is 1. The molecule has 2 aromatic carbocycles. The summed E-state index contributed by atoms with van der Waals surface area (Å²) in [7, 11) is 0. The molecule has 21 heavy (non-hydrogen) atoms. The number of ether oxygens (including phenoxy) is 1. The molecule has 3 N–H and O–H groups in total. The van der Waals surface area contributed by atoms with Gasteiger partial charge in [0.05, 0.1) is 5.69 Å². The van der Waals surface area contributed by atoms with Crippen molar-refractivity contribution in [3.63, 3.8) is 0 Å². The van der Waals surface area contributed by atoms with Gasteiger partial charge in [-0.2, -0.15) is 0 Å². The van der Waals surface area contributed by atoms with Gasteiger partial charge in [0, 0.05) is 18.2 Å². The number of carbonyl (C=O) groups excluding carboxylic acids is 1. The zero-order valence-corrected chi connectivity index (χ0v) is 12.1. The van der Waals surface area contributed by atoms with E-state index in [1.165, 1.54) is 11.1 Å². The molecule has 0 spiro atoms. The number of rotatable bonds is 2. The van der Waals surface area contributed by atoms with E-state index in [1.54, 1.807) is 18.2 Å². The number of aryl methyl sites for hydroxylation is 2. The summed E-state index contributed by atoms with van der Waals surface area (Å²) in [4.78, 5) is 12.1. The maximum Gasteiger partial charge on any atom is 0.265 e. The smallest absolute Gasteiger partial charge is 0.265 e. The minimum atomic E-state index is -0.527. The average Bonchev–Trinajstić information content (AvgIpc) is 2.39. The van der Waals surface area contributed by atoms with Crippen LogP contribution in [0.1, 0.15) is 16.7 Å². The van der Waals surface area contributed by atoms with Crippen LogP contribution in [0.2, 0.25) is 0 Å². The lowest BCUT2D eigenvalue weighted by Crippen LogP contribution is -2.38. The van der Waals surface area contributed by atoms with Crippen molar-refractivity contribution in [3.05, 3.63) is 53.1 Å². The molecule has 1 aliphatic heterocycles. The van der Waals surface area contributed by atoms with Crippen LogP contribution in [0.4, 0.5) is 11.4 Å². The van der Waals surface area contributed by atoms with Crippen LogP contribution >= 0.6 is 0 Å². The quantitative estimate of drug-likeness (QED) is 0.832. The molecule has 1 unspecified atom stereocenters. The Balaban J connectivity index is 1.85. The Morgan fingerprint density at radius 2 is 1.86 bits per heavy atom. The highest BCUT2D eigenvalue weighted by atomic mass is 16.5. The number of amides is 1. The van der Waals surface area contributed by atoms with Gasteiger partial charge in [0.25, 0.3) is 5.91 Å². The molecule has 1 atom stereocenters. The normalized spacial score (nSPS) is 16.9. The number of nitrogens with two attached hydrogens (primary N) is 1. The van der Waals surface area contributed by atoms with Crippen molar-refractivity contribution < 1.29 is 9.53 Å². The SMILES string of the molecule is Cc1cc(C)cc(CC2Oc3cc(N)ccc3NC2=O)c1. The van der Waals surface area contributed by atoms with E-state index in [4.69, 9.17) is 10.5 Å². The number of fused-ring (bicyclic) bond motifs is 1. The van der Waals surface area contributed by atoms with Crippen LogP contribution < -0.4 is 15.8 Å². The second kappa shape index (κ2) is 5.13. The molecule has 2 aromatic rings. The Morgan fingerprint density at radius 1 is 1.14 bits per heavy atom. The fourth-order valence-electron chi connectivity index (χ4n) is 2.69. The largest absolute Gasteiger partial charge is 0.478 e. The van der Waals surface area contributed by atoms with Gasteiger partial charge in [0.1, 0.15) is 5.75 Å². The molecule has 108 valence electrons. The van der Waals surface area contributed by atoms with E-state index < -0.39 is 6.10 Å². The van der Waals surface area contributed by atoms with Crippen molar-refractivity contribution in [1.29, 1.82) is 0 Å². The Labute approximate surface area is 123 Å². The average molecular weight is 282 g/mol. The van der Waals surface area contributed by atoms with E-state index in [1.807, 2.05) is 13.8 Å². The Bertz CT molecular complexity index is 690. The van der Waals surface area contributed by atoms with E-state index in [0.717, 1.165) is 5.56 Å². The summed E-state index contributed by atoms with van der Waals surface area (Å²) in [6.07, 6.45) is 0.0169. The van der Waals surface area contributed by atoms with E-state index >= 15 is 0 Å². The zero-order chi connectivity index (χ0) is 15.0. The van der Waals surface area contributed by atoms with Crippen LogP contribution in [-0.4, -0.2) is 12.0 Å². The van der Waals surface area contributed by atoms with Crippen LogP contribution in [0.25, 0.3) is 0 Å². The molecule has 0 aliphatic carbocycles. The van der Waals surface area contributed by atoms with Crippen LogP contribution in [0.5, 0.6) is 5.75 Å². The standard InChI is InChI=1S/C17H18N2O2/c1-10-5-11(2)7-12(6-10)8-16-17(20)19-14-4-3-13(18)9-15(14)21-16/h3-7,9,16H,8,18H2,1-2H3,(H,19,20). The fourth-order valence-corrected chi connectivity index (χ4v) is 2.69. The lowest BCUT2D eigenvalue weighted by Gasteiger charge is -2.26. The minimum absolute atomic E-state index is 0.119. The summed E-state index contributed by atoms with van der Waals surface area (Å²) in [6, 6.07) is 11.5. The number of carbonyl (C=O) groups is 1. The second-order valence-electron chi connectivity index (χ2n) is 5.55. The van der Waals surface area contributed by atoms with Crippen LogP contribution in [0.15, 0.2) is 36.4 Å². The van der Waals surface area contributed by atoms with Crippen molar-refractivity contribution in [2.45, 2.75) is 26.4 Å².